The number of aromatic carboxylic acids is 1. The molecule has 0 fully saturated rings. The molecule has 0 saturated heterocycles. The van der Waals surface area contributed by atoms with Crippen LogP contribution in [0.3, 0.4) is 0 Å². The van der Waals surface area contributed by atoms with Crippen LogP contribution in [0.1, 0.15) is 21.7 Å². The Morgan fingerprint density at radius 3 is 2.53 bits per heavy atom. The number of hydrogen-bond acceptors (Lipinski definition) is 6. The van der Waals surface area contributed by atoms with Crippen molar-refractivity contribution in [3.8, 4) is 12.0 Å². The predicted octanol–water partition coefficient (Wildman–Crippen LogP) is 1.03. The van der Waals surface area contributed by atoms with Gasteiger partial charge in [0.05, 0.1) is 18.5 Å². The van der Waals surface area contributed by atoms with Gasteiger partial charge in [0.25, 0.3) is 5.95 Å². The van der Waals surface area contributed by atoms with Crippen molar-refractivity contribution >= 4 is 17.6 Å². The zero-order valence-corrected chi connectivity index (χ0v) is 11.1. The van der Waals surface area contributed by atoms with Gasteiger partial charge < -0.3 is 9.84 Å². The number of halogens is 1. The number of hydrogen-bond donors (Lipinski definition) is 1. The van der Waals surface area contributed by atoms with Gasteiger partial charge in [0.2, 0.25) is 5.28 Å². The number of carboxylic acid groups (broad SMARTS) is 1. The van der Waals surface area contributed by atoms with Crippen molar-refractivity contribution in [3.05, 3.63) is 22.2 Å². The number of carboxylic acids is 1. The molecule has 2 aromatic heterocycles. The standard InChI is InChI=1S/C10H10ClN5O3/c1-4-6(7(17)18)5(2)16(15-4)9-12-8(11)13-10(14-9)19-3/h1-3H3,(H,17,18). The van der Waals surface area contributed by atoms with Crippen LogP contribution in [0.4, 0.5) is 0 Å². The van der Waals surface area contributed by atoms with Gasteiger partial charge in [0.15, 0.2) is 0 Å². The molecule has 0 aliphatic heterocycles. The number of carbonyl (C=O) groups is 1. The number of aromatic nitrogens is 5. The van der Waals surface area contributed by atoms with Gasteiger partial charge in [-0.1, -0.05) is 0 Å². The summed E-state index contributed by atoms with van der Waals surface area (Å²) in [6.45, 7) is 3.20. The van der Waals surface area contributed by atoms with Crippen LogP contribution >= 0.6 is 11.6 Å². The van der Waals surface area contributed by atoms with E-state index in [0.717, 1.165) is 0 Å². The average molecular weight is 284 g/mol. The van der Waals surface area contributed by atoms with Crippen LogP contribution in [0, 0.1) is 13.8 Å². The van der Waals surface area contributed by atoms with E-state index in [-0.39, 0.29) is 22.8 Å². The smallest absolute Gasteiger partial charge is 0.339 e. The number of aryl methyl sites for hydroxylation is 1. The maximum absolute atomic E-state index is 11.1. The Morgan fingerprint density at radius 2 is 2.00 bits per heavy atom. The second-order valence-corrected chi connectivity index (χ2v) is 3.99. The van der Waals surface area contributed by atoms with Crippen LogP contribution in [0.25, 0.3) is 5.95 Å². The maximum atomic E-state index is 11.1. The van der Waals surface area contributed by atoms with Gasteiger partial charge >= 0.3 is 12.0 Å². The maximum Gasteiger partial charge on any atom is 0.339 e. The molecule has 0 amide bonds. The highest BCUT2D eigenvalue weighted by molar-refractivity contribution is 6.28. The van der Waals surface area contributed by atoms with Crippen molar-refractivity contribution in [1.29, 1.82) is 0 Å². The highest BCUT2D eigenvalue weighted by Crippen LogP contribution is 2.17. The summed E-state index contributed by atoms with van der Waals surface area (Å²) in [7, 11) is 1.39. The molecule has 0 spiro atoms. The van der Waals surface area contributed by atoms with E-state index < -0.39 is 5.97 Å². The van der Waals surface area contributed by atoms with Gasteiger partial charge in [0, 0.05) is 0 Å². The van der Waals surface area contributed by atoms with Crippen LogP contribution in [-0.4, -0.2) is 42.9 Å². The van der Waals surface area contributed by atoms with E-state index in [4.69, 9.17) is 21.4 Å². The third-order valence-electron chi connectivity index (χ3n) is 2.45. The average Bonchev–Trinajstić information content (AvgIpc) is 2.63. The molecule has 0 aliphatic rings. The molecule has 0 radical (unpaired) electrons. The lowest BCUT2D eigenvalue weighted by molar-refractivity contribution is 0.0695. The first-order valence-corrected chi connectivity index (χ1v) is 5.57. The monoisotopic (exact) mass is 283 g/mol. The summed E-state index contributed by atoms with van der Waals surface area (Å²) in [6, 6.07) is 0.0272. The molecule has 8 nitrogen and oxygen atoms in total. The molecule has 0 unspecified atom stereocenters. The fraction of sp³-hybridized carbons (Fsp3) is 0.300. The van der Waals surface area contributed by atoms with Crippen LogP contribution in [0.15, 0.2) is 0 Å². The molecule has 0 bridgehead atoms. The lowest BCUT2D eigenvalue weighted by Crippen LogP contribution is -2.08. The molecule has 2 rings (SSSR count). The lowest BCUT2D eigenvalue weighted by Gasteiger charge is -2.04. The fourth-order valence-corrected chi connectivity index (χ4v) is 1.80. The Bertz CT molecular complexity index is 655. The van der Waals surface area contributed by atoms with Gasteiger partial charge in [0.1, 0.15) is 5.56 Å². The molecule has 2 aromatic rings. The van der Waals surface area contributed by atoms with Crippen molar-refractivity contribution in [2.45, 2.75) is 13.8 Å². The van der Waals surface area contributed by atoms with E-state index in [1.165, 1.54) is 11.8 Å². The molecular weight excluding hydrogens is 274 g/mol. The van der Waals surface area contributed by atoms with Crippen LogP contribution in [-0.2, 0) is 0 Å². The van der Waals surface area contributed by atoms with Crippen molar-refractivity contribution in [1.82, 2.24) is 24.7 Å². The van der Waals surface area contributed by atoms with E-state index in [9.17, 15) is 4.79 Å². The Hall–Kier alpha value is -2.22. The Kier molecular flexibility index (Phi) is 3.34. The van der Waals surface area contributed by atoms with E-state index in [1.54, 1.807) is 13.8 Å². The van der Waals surface area contributed by atoms with Gasteiger partial charge in [-0.05, 0) is 25.4 Å². The topological polar surface area (TPSA) is 103 Å². The first-order chi connectivity index (χ1) is 8.93. The summed E-state index contributed by atoms with van der Waals surface area (Å²) in [5, 5.41) is 13.1. The number of ether oxygens (including phenoxy) is 1. The minimum absolute atomic E-state index is 0.0272. The molecule has 0 atom stereocenters. The number of methoxy groups -OCH3 is 1. The van der Waals surface area contributed by atoms with Crippen molar-refractivity contribution in [3.63, 3.8) is 0 Å². The summed E-state index contributed by atoms with van der Waals surface area (Å²) < 4.78 is 6.16. The lowest BCUT2D eigenvalue weighted by atomic mass is 10.2. The molecule has 100 valence electrons. The first kappa shape index (κ1) is 13.2. The van der Waals surface area contributed by atoms with E-state index in [0.29, 0.717) is 11.4 Å². The molecule has 0 saturated carbocycles. The molecule has 9 heteroatoms. The minimum Gasteiger partial charge on any atom is -0.478 e. The summed E-state index contributed by atoms with van der Waals surface area (Å²) in [5.41, 5.74) is 0.866. The summed E-state index contributed by atoms with van der Waals surface area (Å²) in [6.07, 6.45) is 0. The molecule has 1 N–H and O–H groups in total. The van der Waals surface area contributed by atoms with Crippen LogP contribution in [0.5, 0.6) is 6.01 Å². The van der Waals surface area contributed by atoms with E-state index >= 15 is 0 Å². The van der Waals surface area contributed by atoms with Gasteiger partial charge in [-0.3, -0.25) is 0 Å². The highest BCUT2D eigenvalue weighted by atomic mass is 35.5. The largest absolute Gasteiger partial charge is 0.478 e. The zero-order chi connectivity index (χ0) is 14.2. The minimum atomic E-state index is -1.06. The third kappa shape index (κ3) is 2.34. The van der Waals surface area contributed by atoms with Gasteiger partial charge in [-0.15, -0.1) is 0 Å². The van der Waals surface area contributed by atoms with Crippen molar-refractivity contribution in [2.75, 3.05) is 7.11 Å². The number of rotatable bonds is 3. The van der Waals surface area contributed by atoms with E-state index in [1.807, 2.05) is 0 Å². The SMILES string of the molecule is COc1nc(Cl)nc(-n2nc(C)c(C(=O)O)c2C)n1. The summed E-state index contributed by atoms with van der Waals surface area (Å²) in [4.78, 5) is 22.7. The third-order valence-corrected chi connectivity index (χ3v) is 2.62. The molecule has 19 heavy (non-hydrogen) atoms. The summed E-state index contributed by atoms with van der Waals surface area (Å²) >= 11 is 5.74. The zero-order valence-electron chi connectivity index (χ0n) is 10.4. The van der Waals surface area contributed by atoms with Crippen molar-refractivity contribution in [2.24, 2.45) is 0 Å². The van der Waals surface area contributed by atoms with E-state index in [2.05, 4.69) is 20.1 Å². The second kappa shape index (κ2) is 4.81. The van der Waals surface area contributed by atoms with Gasteiger partial charge in [-0.25, -0.2) is 9.48 Å². The molecule has 2 heterocycles. The molecule has 0 aromatic carbocycles. The Morgan fingerprint density at radius 1 is 1.32 bits per heavy atom. The van der Waals surface area contributed by atoms with Crippen molar-refractivity contribution < 1.29 is 14.6 Å². The Labute approximate surface area is 113 Å². The first-order valence-electron chi connectivity index (χ1n) is 5.19. The Balaban J connectivity index is 2.63. The predicted molar refractivity (Wildman–Crippen MR) is 64.9 cm³/mol. The molecule has 0 aliphatic carbocycles. The van der Waals surface area contributed by atoms with Crippen LogP contribution < -0.4 is 4.74 Å². The van der Waals surface area contributed by atoms with Gasteiger partial charge in [-0.2, -0.15) is 20.1 Å². The highest BCUT2D eigenvalue weighted by Gasteiger charge is 2.20. The summed E-state index contributed by atoms with van der Waals surface area (Å²) in [5.74, 6) is -0.960. The second-order valence-electron chi connectivity index (χ2n) is 3.65. The van der Waals surface area contributed by atoms with Crippen LogP contribution in [0.2, 0.25) is 5.28 Å². The normalized spacial score (nSPS) is 10.5. The quantitative estimate of drug-likeness (QED) is 0.897. The fourth-order valence-electron chi connectivity index (χ4n) is 1.65. The molecular formula is C10H10ClN5O3. The number of nitrogens with zero attached hydrogens (tertiary/aromatic N) is 5.